The minimum atomic E-state index is -2.01. The quantitative estimate of drug-likeness (QED) is 0.320. The third-order valence-corrected chi connectivity index (χ3v) is 5.53. The topological polar surface area (TPSA) is 161 Å². The van der Waals surface area contributed by atoms with Gasteiger partial charge in [-0.1, -0.05) is 0 Å². The standard InChI is InChI=1S/C21H31NO11S/c1-11(23)30-16-9-21(33-14(4)26,10-17(31-12(2)24)18(16)32-13(3)25)20(28)22-15(7-8-34-6)19(27)29-5/h15-18H,7-10H2,1-6H3,(H,22,28). The Kier molecular flexibility index (Phi) is 11.3. The number of carbonyl (C=O) groups excluding carboxylic acids is 6. The molecule has 0 aliphatic heterocycles. The van der Waals surface area contributed by atoms with Crippen LogP contribution in [0.2, 0.25) is 0 Å². The number of amides is 1. The highest BCUT2D eigenvalue weighted by Gasteiger charge is 2.57. The van der Waals surface area contributed by atoms with E-state index < -0.39 is 78.6 Å². The second-order valence-corrected chi connectivity index (χ2v) is 8.68. The highest BCUT2D eigenvalue weighted by Crippen LogP contribution is 2.38. The molecule has 13 heteroatoms. The van der Waals surface area contributed by atoms with Crippen LogP contribution in [0.4, 0.5) is 0 Å². The van der Waals surface area contributed by atoms with E-state index in [1.165, 1.54) is 18.9 Å². The van der Waals surface area contributed by atoms with Crippen LogP contribution in [0.1, 0.15) is 47.0 Å². The fraction of sp³-hybridized carbons (Fsp3) is 0.714. The first-order chi connectivity index (χ1) is 15.8. The second kappa shape index (κ2) is 13.2. The van der Waals surface area contributed by atoms with Gasteiger partial charge in [-0.3, -0.25) is 24.0 Å². The van der Waals surface area contributed by atoms with Crippen LogP contribution in [-0.2, 0) is 52.5 Å². The molecule has 1 fully saturated rings. The molecule has 0 aromatic heterocycles. The SMILES string of the molecule is COC(=O)C(CCSC)NC(=O)C1(OC(C)=O)CC(OC(C)=O)C(OC(C)=O)C(OC(C)=O)C1. The lowest BCUT2D eigenvalue weighted by Crippen LogP contribution is -2.64. The third-order valence-electron chi connectivity index (χ3n) is 4.89. The van der Waals surface area contributed by atoms with Gasteiger partial charge in [0.15, 0.2) is 11.7 Å². The van der Waals surface area contributed by atoms with Crippen molar-refractivity contribution in [1.82, 2.24) is 5.32 Å². The van der Waals surface area contributed by atoms with E-state index >= 15 is 0 Å². The highest BCUT2D eigenvalue weighted by atomic mass is 32.2. The van der Waals surface area contributed by atoms with Crippen LogP contribution in [0, 0.1) is 0 Å². The first-order valence-electron chi connectivity index (χ1n) is 10.4. The molecule has 0 spiro atoms. The number of methoxy groups -OCH3 is 1. The average molecular weight is 506 g/mol. The van der Waals surface area contributed by atoms with Crippen LogP contribution in [-0.4, -0.2) is 84.8 Å². The van der Waals surface area contributed by atoms with E-state index in [0.29, 0.717) is 5.75 Å². The van der Waals surface area contributed by atoms with Crippen LogP contribution < -0.4 is 5.32 Å². The van der Waals surface area contributed by atoms with Gasteiger partial charge in [-0.05, 0) is 18.4 Å². The predicted octanol–water partition coefficient (Wildman–Crippen LogP) is 0.288. The second-order valence-electron chi connectivity index (χ2n) is 7.70. The first kappa shape index (κ1) is 29.2. The summed E-state index contributed by atoms with van der Waals surface area (Å²) in [7, 11) is 1.17. The molecule has 0 saturated heterocycles. The van der Waals surface area contributed by atoms with Gasteiger partial charge in [-0.2, -0.15) is 11.8 Å². The summed E-state index contributed by atoms with van der Waals surface area (Å²) in [6.07, 6.45) is -2.63. The summed E-state index contributed by atoms with van der Waals surface area (Å²) in [6.45, 7) is 4.39. The van der Waals surface area contributed by atoms with Gasteiger partial charge < -0.3 is 29.0 Å². The van der Waals surface area contributed by atoms with Gasteiger partial charge in [-0.25, -0.2) is 4.79 Å². The molecule has 1 N–H and O–H groups in total. The lowest BCUT2D eigenvalue weighted by molar-refractivity contribution is -0.215. The van der Waals surface area contributed by atoms with Crippen LogP contribution in [0.5, 0.6) is 0 Å². The maximum Gasteiger partial charge on any atom is 0.328 e. The molecule has 0 aromatic carbocycles. The molecule has 3 unspecified atom stereocenters. The third kappa shape index (κ3) is 8.50. The fourth-order valence-electron chi connectivity index (χ4n) is 3.70. The summed E-state index contributed by atoms with van der Waals surface area (Å²) < 4.78 is 25.9. The van der Waals surface area contributed by atoms with Gasteiger partial charge in [0.1, 0.15) is 18.2 Å². The largest absolute Gasteiger partial charge is 0.467 e. The van der Waals surface area contributed by atoms with Gasteiger partial charge in [0.05, 0.1) is 7.11 Å². The normalized spacial score (nSPS) is 24.7. The van der Waals surface area contributed by atoms with E-state index in [9.17, 15) is 28.8 Å². The van der Waals surface area contributed by atoms with Gasteiger partial charge >= 0.3 is 29.8 Å². The van der Waals surface area contributed by atoms with Gasteiger partial charge in [-0.15, -0.1) is 0 Å². The fourth-order valence-corrected chi connectivity index (χ4v) is 4.17. The average Bonchev–Trinajstić information content (AvgIpc) is 2.71. The number of carbonyl (C=O) groups is 6. The molecule has 0 radical (unpaired) electrons. The Hall–Kier alpha value is -2.83. The molecule has 1 aliphatic rings. The molecular weight excluding hydrogens is 474 g/mol. The zero-order valence-electron chi connectivity index (χ0n) is 20.0. The van der Waals surface area contributed by atoms with Crippen molar-refractivity contribution in [3.8, 4) is 0 Å². The lowest BCUT2D eigenvalue weighted by atomic mass is 9.78. The van der Waals surface area contributed by atoms with Gasteiger partial charge in [0.2, 0.25) is 0 Å². The maximum absolute atomic E-state index is 13.4. The Morgan fingerprint density at radius 2 is 1.38 bits per heavy atom. The summed E-state index contributed by atoms with van der Waals surface area (Å²) >= 11 is 1.44. The lowest BCUT2D eigenvalue weighted by Gasteiger charge is -2.45. The van der Waals surface area contributed by atoms with Gasteiger partial charge in [0, 0.05) is 40.5 Å². The van der Waals surface area contributed by atoms with E-state index in [4.69, 9.17) is 23.7 Å². The molecule has 1 aliphatic carbocycles. The van der Waals surface area contributed by atoms with E-state index in [-0.39, 0.29) is 6.42 Å². The minimum absolute atomic E-state index is 0.229. The summed E-state index contributed by atoms with van der Waals surface area (Å²) in [6, 6.07) is -1.05. The zero-order valence-corrected chi connectivity index (χ0v) is 20.9. The van der Waals surface area contributed by atoms with Crippen molar-refractivity contribution in [3.05, 3.63) is 0 Å². The number of hydrogen-bond donors (Lipinski definition) is 1. The smallest absolute Gasteiger partial charge is 0.328 e. The zero-order chi connectivity index (χ0) is 26.1. The molecule has 12 nitrogen and oxygen atoms in total. The number of hydrogen-bond acceptors (Lipinski definition) is 12. The van der Waals surface area contributed by atoms with E-state index in [1.54, 1.807) is 0 Å². The summed E-state index contributed by atoms with van der Waals surface area (Å²) in [5, 5.41) is 2.53. The van der Waals surface area contributed by atoms with Crippen molar-refractivity contribution in [1.29, 1.82) is 0 Å². The number of rotatable bonds is 10. The number of nitrogens with one attached hydrogen (secondary N) is 1. The maximum atomic E-state index is 13.4. The minimum Gasteiger partial charge on any atom is -0.467 e. The summed E-state index contributed by atoms with van der Waals surface area (Å²) in [5.74, 6) is -4.20. The Labute approximate surface area is 201 Å². The van der Waals surface area contributed by atoms with Crippen molar-refractivity contribution >= 4 is 47.5 Å². The molecule has 3 atom stereocenters. The molecule has 1 rings (SSSR count). The van der Waals surface area contributed by atoms with Gasteiger partial charge in [0.25, 0.3) is 5.91 Å². The van der Waals surface area contributed by atoms with E-state index in [1.807, 2.05) is 6.26 Å². The predicted molar refractivity (Wildman–Crippen MR) is 117 cm³/mol. The number of thioether (sulfide) groups is 1. The van der Waals surface area contributed by atoms with Crippen molar-refractivity contribution < 1.29 is 52.5 Å². The summed E-state index contributed by atoms with van der Waals surface area (Å²) in [4.78, 5) is 72.8. The van der Waals surface area contributed by atoms with E-state index in [0.717, 1.165) is 27.7 Å². The Morgan fingerprint density at radius 1 is 0.882 bits per heavy atom. The number of ether oxygens (including phenoxy) is 5. The summed E-state index contributed by atoms with van der Waals surface area (Å²) in [5.41, 5.74) is -2.01. The molecule has 1 saturated carbocycles. The highest BCUT2D eigenvalue weighted by molar-refractivity contribution is 7.98. The van der Waals surface area contributed by atoms with Crippen LogP contribution in [0.25, 0.3) is 0 Å². The van der Waals surface area contributed by atoms with Crippen LogP contribution in [0.15, 0.2) is 0 Å². The van der Waals surface area contributed by atoms with Crippen molar-refractivity contribution in [2.45, 2.75) is 76.9 Å². The van der Waals surface area contributed by atoms with Crippen molar-refractivity contribution in [2.24, 2.45) is 0 Å². The molecule has 0 bridgehead atoms. The molecular formula is C21H31NO11S. The Bertz CT molecular complexity index is 774. The molecule has 0 aromatic rings. The molecule has 34 heavy (non-hydrogen) atoms. The monoisotopic (exact) mass is 505 g/mol. The van der Waals surface area contributed by atoms with Crippen molar-refractivity contribution in [2.75, 3.05) is 19.1 Å². The van der Waals surface area contributed by atoms with Crippen LogP contribution in [0.3, 0.4) is 0 Å². The molecule has 0 heterocycles. The Morgan fingerprint density at radius 3 is 1.76 bits per heavy atom. The van der Waals surface area contributed by atoms with E-state index in [2.05, 4.69) is 5.32 Å². The first-order valence-corrected chi connectivity index (χ1v) is 11.8. The van der Waals surface area contributed by atoms with Crippen molar-refractivity contribution in [3.63, 3.8) is 0 Å². The van der Waals surface area contributed by atoms with Crippen LogP contribution >= 0.6 is 11.8 Å². The Balaban J connectivity index is 3.46. The molecule has 1 amide bonds. The molecule has 192 valence electrons. The number of esters is 5.